The minimum Gasteiger partial charge on any atom is -0.319 e. The van der Waals surface area contributed by atoms with E-state index in [2.05, 4.69) is 6.07 Å². The minimum atomic E-state index is -1.43. The van der Waals surface area contributed by atoms with E-state index >= 15 is 0 Å². The minimum absolute atomic E-state index is 0.498. The van der Waals surface area contributed by atoms with E-state index in [0.29, 0.717) is 12.2 Å². The molecule has 0 heterocycles. The number of hydrogen-bond acceptors (Lipinski definition) is 2. The Kier molecular flexibility index (Phi) is 3.82. The molecule has 1 aromatic rings. The van der Waals surface area contributed by atoms with Crippen LogP contribution in [0.2, 0.25) is 0 Å². The summed E-state index contributed by atoms with van der Waals surface area (Å²) in [7, 11) is 4.52. The maximum Gasteiger partial charge on any atom is 0.0991 e. The van der Waals surface area contributed by atoms with Crippen LogP contribution in [0.4, 0.5) is 0 Å². The summed E-state index contributed by atoms with van der Waals surface area (Å²) < 4.78 is 5.45. The van der Waals surface area contributed by atoms with Crippen molar-refractivity contribution in [2.24, 2.45) is 0 Å². The fraction of sp³-hybridized carbons (Fsp3) is 0.300. The standard InChI is InChI=1S/C10H12ClNOS/c1-14(2,11)13-8-10-5-3-9(7-12)4-6-10/h3-6H,8H2,1-2H3. The smallest absolute Gasteiger partial charge is 0.0991 e. The van der Waals surface area contributed by atoms with E-state index in [-0.39, 0.29) is 0 Å². The number of benzene rings is 1. The number of halogens is 1. The lowest BCUT2D eigenvalue weighted by Crippen LogP contribution is -1.94. The molecule has 0 N–H and O–H groups in total. The summed E-state index contributed by atoms with van der Waals surface area (Å²) in [6.07, 6.45) is 3.75. The van der Waals surface area contributed by atoms with Gasteiger partial charge in [0.15, 0.2) is 0 Å². The summed E-state index contributed by atoms with van der Waals surface area (Å²) in [4.78, 5) is 0. The van der Waals surface area contributed by atoms with Gasteiger partial charge in [0.2, 0.25) is 0 Å². The molecule has 0 aliphatic carbocycles. The highest BCUT2D eigenvalue weighted by Crippen LogP contribution is 2.47. The van der Waals surface area contributed by atoms with Gasteiger partial charge < -0.3 is 4.18 Å². The Morgan fingerprint density at radius 1 is 1.36 bits per heavy atom. The van der Waals surface area contributed by atoms with Crippen LogP contribution in [0.5, 0.6) is 0 Å². The van der Waals surface area contributed by atoms with Crippen LogP contribution in [0.1, 0.15) is 11.1 Å². The first-order valence-electron chi connectivity index (χ1n) is 4.07. The normalized spacial score (nSPS) is 12.1. The van der Waals surface area contributed by atoms with E-state index in [1.54, 1.807) is 12.1 Å². The van der Waals surface area contributed by atoms with E-state index in [4.69, 9.17) is 20.1 Å². The molecule has 0 aliphatic rings. The third-order valence-electron chi connectivity index (χ3n) is 1.59. The van der Waals surface area contributed by atoms with Gasteiger partial charge in [-0.25, -0.2) is 0 Å². The molecule has 0 radical (unpaired) electrons. The molecule has 1 rings (SSSR count). The second-order valence-corrected chi connectivity index (χ2v) is 7.88. The highest BCUT2D eigenvalue weighted by Gasteiger charge is 2.06. The van der Waals surface area contributed by atoms with Crippen LogP contribution in [0.25, 0.3) is 0 Å². The lowest BCUT2D eigenvalue weighted by atomic mass is 10.2. The van der Waals surface area contributed by atoms with Gasteiger partial charge >= 0.3 is 0 Å². The van der Waals surface area contributed by atoms with E-state index in [1.165, 1.54) is 0 Å². The molecule has 0 saturated carbocycles. The largest absolute Gasteiger partial charge is 0.319 e. The van der Waals surface area contributed by atoms with Crippen LogP contribution >= 0.6 is 20.2 Å². The highest BCUT2D eigenvalue weighted by molar-refractivity contribution is 8.46. The van der Waals surface area contributed by atoms with Crippen molar-refractivity contribution < 1.29 is 4.18 Å². The molecule has 0 bridgehead atoms. The molecular weight excluding hydrogens is 218 g/mol. The zero-order valence-corrected chi connectivity index (χ0v) is 9.73. The van der Waals surface area contributed by atoms with Crippen molar-refractivity contribution in [2.75, 3.05) is 12.5 Å². The quantitative estimate of drug-likeness (QED) is 0.798. The van der Waals surface area contributed by atoms with Gasteiger partial charge in [-0.2, -0.15) is 5.26 Å². The van der Waals surface area contributed by atoms with Crippen molar-refractivity contribution in [1.29, 1.82) is 5.26 Å². The van der Waals surface area contributed by atoms with Crippen molar-refractivity contribution in [3.8, 4) is 6.07 Å². The molecule has 0 atom stereocenters. The van der Waals surface area contributed by atoms with Gasteiger partial charge in [0, 0.05) is 12.5 Å². The number of hydrogen-bond donors (Lipinski definition) is 0. The van der Waals surface area contributed by atoms with Gasteiger partial charge in [-0.3, -0.25) is 0 Å². The average molecular weight is 230 g/mol. The zero-order valence-electron chi connectivity index (χ0n) is 8.16. The average Bonchev–Trinajstić information content (AvgIpc) is 2.14. The first kappa shape index (κ1) is 11.4. The Labute approximate surface area is 90.5 Å². The molecule has 76 valence electrons. The number of nitriles is 1. The van der Waals surface area contributed by atoms with Gasteiger partial charge in [-0.15, -0.1) is 0 Å². The van der Waals surface area contributed by atoms with E-state index in [0.717, 1.165) is 5.56 Å². The molecule has 4 heteroatoms. The fourth-order valence-corrected chi connectivity index (χ4v) is 1.43. The highest BCUT2D eigenvalue weighted by atomic mass is 35.7. The monoisotopic (exact) mass is 229 g/mol. The molecule has 0 saturated heterocycles. The van der Waals surface area contributed by atoms with Crippen LogP contribution < -0.4 is 0 Å². The first-order valence-corrected chi connectivity index (χ1v) is 7.28. The van der Waals surface area contributed by atoms with Gasteiger partial charge in [0.1, 0.15) is 0 Å². The van der Waals surface area contributed by atoms with Crippen molar-refractivity contribution >= 4 is 20.2 Å². The van der Waals surface area contributed by atoms with Crippen LogP contribution in [-0.4, -0.2) is 12.5 Å². The van der Waals surface area contributed by atoms with Crippen molar-refractivity contribution in [3.05, 3.63) is 35.4 Å². The van der Waals surface area contributed by atoms with Crippen LogP contribution in [0.3, 0.4) is 0 Å². The maximum atomic E-state index is 8.59. The van der Waals surface area contributed by atoms with E-state index in [9.17, 15) is 0 Å². The van der Waals surface area contributed by atoms with E-state index in [1.807, 2.05) is 24.6 Å². The third kappa shape index (κ3) is 4.01. The molecule has 14 heavy (non-hydrogen) atoms. The Morgan fingerprint density at radius 2 is 1.93 bits per heavy atom. The van der Waals surface area contributed by atoms with Crippen molar-refractivity contribution in [3.63, 3.8) is 0 Å². The van der Waals surface area contributed by atoms with Gasteiger partial charge in [0.25, 0.3) is 0 Å². The molecule has 0 fully saturated rings. The summed E-state index contributed by atoms with van der Waals surface area (Å²) in [5.74, 6) is 0. The summed E-state index contributed by atoms with van der Waals surface area (Å²) >= 11 is 0. The predicted octanol–water partition coefficient (Wildman–Crippen LogP) is 3.21. The number of nitrogens with zero attached hydrogens (tertiary/aromatic N) is 1. The Balaban J connectivity index is 2.58. The van der Waals surface area contributed by atoms with Crippen LogP contribution in [0, 0.1) is 11.3 Å². The third-order valence-corrected chi connectivity index (χ3v) is 2.53. The fourth-order valence-electron chi connectivity index (χ4n) is 0.884. The molecule has 2 nitrogen and oxygen atoms in total. The molecule has 1 aromatic carbocycles. The summed E-state index contributed by atoms with van der Waals surface area (Å²) in [5.41, 5.74) is 1.69. The molecule has 0 unspecified atom stereocenters. The van der Waals surface area contributed by atoms with Gasteiger partial charge in [0.05, 0.1) is 18.2 Å². The predicted molar refractivity (Wildman–Crippen MR) is 61.2 cm³/mol. The Bertz CT molecular complexity index is 337. The zero-order chi connectivity index (χ0) is 10.6. The summed E-state index contributed by atoms with van der Waals surface area (Å²) in [5, 5.41) is 8.59. The lowest BCUT2D eigenvalue weighted by Gasteiger charge is -2.21. The Hall–Kier alpha value is -0.690. The molecule has 0 aliphatic heterocycles. The number of rotatable bonds is 3. The summed E-state index contributed by atoms with van der Waals surface area (Å²) in [6.45, 7) is 0.498. The van der Waals surface area contributed by atoms with Crippen molar-refractivity contribution in [2.45, 2.75) is 6.61 Å². The van der Waals surface area contributed by atoms with Gasteiger partial charge in [-0.05, 0) is 28.4 Å². The van der Waals surface area contributed by atoms with Crippen LogP contribution in [-0.2, 0) is 10.8 Å². The first-order chi connectivity index (χ1) is 6.51. The van der Waals surface area contributed by atoms with Gasteiger partial charge in [-0.1, -0.05) is 21.7 Å². The van der Waals surface area contributed by atoms with Crippen LogP contribution in [0.15, 0.2) is 24.3 Å². The van der Waals surface area contributed by atoms with Crippen molar-refractivity contribution in [1.82, 2.24) is 0 Å². The maximum absolute atomic E-state index is 8.59. The second kappa shape index (κ2) is 4.70. The Morgan fingerprint density at radius 3 is 2.36 bits per heavy atom. The topological polar surface area (TPSA) is 33.0 Å². The van der Waals surface area contributed by atoms with E-state index < -0.39 is 9.52 Å². The molecular formula is C10H12ClNOS. The SMILES string of the molecule is CS(C)(Cl)OCc1ccc(C#N)cc1. The molecule has 0 amide bonds. The summed E-state index contributed by atoms with van der Waals surface area (Å²) in [6, 6.07) is 9.36. The molecule has 0 spiro atoms. The molecule has 0 aromatic heterocycles. The second-order valence-electron chi connectivity index (χ2n) is 3.18. The lowest BCUT2D eigenvalue weighted by molar-refractivity contribution is 0.356.